The molecule has 2 aromatic rings. The number of hydrogen-bond donors (Lipinski definition) is 0. The zero-order valence-electron chi connectivity index (χ0n) is 19.5. The van der Waals surface area contributed by atoms with Crippen molar-refractivity contribution in [3.05, 3.63) is 81.9 Å². The van der Waals surface area contributed by atoms with Gasteiger partial charge in [-0.1, -0.05) is 72.6 Å². The third kappa shape index (κ3) is 3.38. The molecule has 0 radical (unpaired) electrons. The van der Waals surface area contributed by atoms with Crippen LogP contribution in [0.15, 0.2) is 60.7 Å². The number of carbonyl (C=O) groups excluding carboxylic acids is 4. The van der Waals surface area contributed by atoms with Gasteiger partial charge in [-0.05, 0) is 54.7 Å². The third-order valence-corrected chi connectivity index (χ3v) is 8.82. The molecule has 4 aliphatic carbocycles. The summed E-state index contributed by atoms with van der Waals surface area (Å²) in [6.07, 6.45) is 5.38. The predicted molar refractivity (Wildman–Crippen MR) is 134 cm³/mol. The van der Waals surface area contributed by atoms with Crippen LogP contribution in [-0.2, 0) is 9.59 Å². The maximum Gasteiger partial charge on any atom is 0.275 e. The Morgan fingerprint density at radius 2 is 1.58 bits per heavy atom. The molecule has 5 aliphatic rings. The number of hydrogen-bond acceptors (Lipinski definition) is 4. The Morgan fingerprint density at radius 1 is 0.972 bits per heavy atom. The topological polar surface area (TPSA) is 74.8 Å². The molecule has 2 saturated carbocycles. The predicted octanol–water partition coefficient (Wildman–Crippen LogP) is 5.07. The van der Waals surface area contributed by atoms with Gasteiger partial charge in [0.05, 0.1) is 22.4 Å². The Labute approximate surface area is 218 Å². The molecular formula is C28H24Cl2N2O4. The highest BCUT2D eigenvalue weighted by Crippen LogP contribution is 2.65. The summed E-state index contributed by atoms with van der Waals surface area (Å²) in [5.41, 5.74) is 0.462. The lowest BCUT2D eigenvalue weighted by Crippen LogP contribution is -2.57. The van der Waals surface area contributed by atoms with Gasteiger partial charge in [0.1, 0.15) is 6.04 Å². The first kappa shape index (κ1) is 23.4. The number of hydrazine groups is 1. The molecule has 8 heteroatoms. The molecule has 3 fully saturated rings. The second kappa shape index (κ2) is 8.56. The van der Waals surface area contributed by atoms with E-state index in [1.807, 2.05) is 0 Å². The Balaban J connectivity index is 1.45. The van der Waals surface area contributed by atoms with E-state index in [4.69, 9.17) is 23.2 Å². The van der Waals surface area contributed by atoms with E-state index in [0.717, 1.165) is 16.4 Å². The van der Waals surface area contributed by atoms with Gasteiger partial charge < -0.3 is 0 Å². The number of amides is 3. The minimum atomic E-state index is -1.07. The Kier molecular flexibility index (Phi) is 5.58. The van der Waals surface area contributed by atoms with Crippen LogP contribution in [0.25, 0.3) is 0 Å². The quantitative estimate of drug-likeness (QED) is 0.301. The van der Waals surface area contributed by atoms with Gasteiger partial charge in [0.2, 0.25) is 0 Å². The lowest BCUT2D eigenvalue weighted by atomic mass is 9.63. The van der Waals surface area contributed by atoms with E-state index in [0.29, 0.717) is 22.4 Å². The highest BCUT2D eigenvalue weighted by atomic mass is 35.5. The molecule has 6 nitrogen and oxygen atoms in total. The zero-order chi connectivity index (χ0) is 25.3. The van der Waals surface area contributed by atoms with Gasteiger partial charge in [0, 0.05) is 10.6 Å². The molecule has 1 saturated heterocycles. The molecule has 0 N–H and O–H groups in total. The van der Waals surface area contributed by atoms with Gasteiger partial charge in [-0.15, -0.1) is 0 Å². The molecule has 2 bridgehead atoms. The van der Waals surface area contributed by atoms with E-state index in [1.165, 1.54) is 18.2 Å². The molecule has 36 heavy (non-hydrogen) atoms. The van der Waals surface area contributed by atoms with Crippen LogP contribution in [0, 0.1) is 35.5 Å². The molecule has 1 heterocycles. The van der Waals surface area contributed by atoms with Crippen LogP contribution in [0.5, 0.6) is 0 Å². The van der Waals surface area contributed by atoms with E-state index >= 15 is 0 Å². The smallest absolute Gasteiger partial charge is 0.275 e. The van der Waals surface area contributed by atoms with E-state index in [9.17, 15) is 19.2 Å². The fourth-order valence-electron chi connectivity index (χ4n) is 6.58. The molecular weight excluding hydrogens is 499 g/mol. The molecule has 0 spiro atoms. The van der Waals surface area contributed by atoms with Crippen LogP contribution in [-0.4, -0.2) is 39.6 Å². The van der Waals surface area contributed by atoms with E-state index < -0.39 is 35.6 Å². The summed E-state index contributed by atoms with van der Waals surface area (Å²) in [6.45, 7) is 1.76. The van der Waals surface area contributed by atoms with Crippen molar-refractivity contribution in [2.75, 3.05) is 0 Å². The second-order valence-corrected chi connectivity index (χ2v) is 10.9. The number of carbonyl (C=O) groups is 4. The number of nitrogens with zero attached hydrogens (tertiary/aromatic N) is 2. The molecule has 0 aromatic heterocycles. The molecule has 0 unspecified atom stereocenters. The maximum atomic E-state index is 14.0. The number of halogens is 2. The largest absolute Gasteiger partial charge is 0.292 e. The molecule has 1 aliphatic heterocycles. The van der Waals surface area contributed by atoms with Crippen molar-refractivity contribution >= 4 is 46.7 Å². The van der Waals surface area contributed by atoms with Gasteiger partial charge in [0.25, 0.3) is 17.7 Å². The minimum Gasteiger partial charge on any atom is -0.292 e. The van der Waals surface area contributed by atoms with Crippen LogP contribution in [0.1, 0.15) is 40.5 Å². The molecule has 7 atom stereocenters. The summed E-state index contributed by atoms with van der Waals surface area (Å²) in [4.78, 5) is 55.5. The Bertz CT molecular complexity index is 1290. The highest BCUT2D eigenvalue weighted by Gasteiger charge is 2.68. The average molecular weight is 523 g/mol. The second-order valence-electron chi connectivity index (χ2n) is 10.1. The average Bonchev–Trinajstić information content (AvgIpc) is 3.66. The summed E-state index contributed by atoms with van der Waals surface area (Å²) < 4.78 is 0. The van der Waals surface area contributed by atoms with Crippen LogP contribution in [0.3, 0.4) is 0 Å². The standard InChI is InChI=1S/C28H24Cl2N2O4/c1-2-22(25(33)14-6-4-3-5-7-14)31(26(34)18-9-8-15(29)12-21(18)30)32-27(35)23-16-10-11-17(20-13-19(16)20)24(23)28(32)36/h3-12,16-17,19-20,22-24H,2,13H2,1H3/t16-,17-,19-,20-,22+,23+,24+/m0/s1. The van der Waals surface area contributed by atoms with Crippen LogP contribution < -0.4 is 0 Å². The number of ketones is 1. The number of rotatable bonds is 6. The SMILES string of the molecule is CC[C@H](C(=O)c1ccccc1)N(C(=O)c1ccc(Cl)cc1Cl)N1C(=O)[C@@H]2[C@H]3C=C[C@@H]([C@@H]4C[C@@H]34)[C@H]2C1=O. The molecule has 3 amide bonds. The van der Waals surface area contributed by atoms with E-state index in [-0.39, 0.29) is 34.6 Å². The molecule has 7 rings (SSSR count). The van der Waals surface area contributed by atoms with Crippen LogP contribution >= 0.6 is 23.2 Å². The fraction of sp³-hybridized carbons (Fsp3) is 0.357. The Morgan fingerprint density at radius 3 is 2.14 bits per heavy atom. The van der Waals surface area contributed by atoms with Crippen molar-refractivity contribution in [3.8, 4) is 0 Å². The van der Waals surface area contributed by atoms with Crippen molar-refractivity contribution < 1.29 is 19.2 Å². The lowest BCUT2D eigenvalue weighted by Gasteiger charge is -2.37. The molecule has 2 aromatic carbocycles. The van der Waals surface area contributed by atoms with Crippen molar-refractivity contribution in [2.24, 2.45) is 35.5 Å². The van der Waals surface area contributed by atoms with E-state index in [1.54, 1.807) is 37.3 Å². The number of benzene rings is 2. The fourth-order valence-corrected chi connectivity index (χ4v) is 7.07. The summed E-state index contributed by atoms with van der Waals surface area (Å²) in [5, 5.41) is 2.46. The van der Waals surface area contributed by atoms with Crippen molar-refractivity contribution in [1.29, 1.82) is 0 Å². The summed E-state index contributed by atoms with van der Waals surface area (Å²) >= 11 is 12.4. The van der Waals surface area contributed by atoms with Crippen LogP contribution in [0.2, 0.25) is 10.0 Å². The zero-order valence-corrected chi connectivity index (χ0v) is 21.0. The Hall–Kier alpha value is -2.96. The van der Waals surface area contributed by atoms with Gasteiger partial charge in [-0.2, -0.15) is 5.01 Å². The lowest BCUT2D eigenvalue weighted by molar-refractivity contribution is -0.157. The van der Waals surface area contributed by atoms with Crippen molar-refractivity contribution in [2.45, 2.75) is 25.8 Å². The van der Waals surface area contributed by atoms with Gasteiger partial charge in [-0.3, -0.25) is 19.2 Å². The first-order valence-corrected chi connectivity index (χ1v) is 13.0. The van der Waals surface area contributed by atoms with Gasteiger partial charge in [0.15, 0.2) is 5.78 Å². The normalized spacial score (nSPS) is 30.1. The number of Topliss-reactive ketones (excluding diaryl/α,β-unsaturated/α-hetero) is 1. The van der Waals surface area contributed by atoms with Gasteiger partial charge >= 0.3 is 0 Å². The van der Waals surface area contributed by atoms with Crippen molar-refractivity contribution in [1.82, 2.24) is 10.0 Å². The summed E-state index contributed by atoms with van der Waals surface area (Å²) in [7, 11) is 0. The van der Waals surface area contributed by atoms with Crippen molar-refractivity contribution in [3.63, 3.8) is 0 Å². The summed E-state index contributed by atoms with van der Waals surface area (Å²) in [6, 6.07) is 11.9. The highest BCUT2D eigenvalue weighted by molar-refractivity contribution is 6.36. The van der Waals surface area contributed by atoms with Crippen LogP contribution in [0.4, 0.5) is 0 Å². The minimum absolute atomic E-state index is 0.00702. The third-order valence-electron chi connectivity index (χ3n) is 8.27. The number of imide groups is 1. The first-order valence-electron chi connectivity index (χ1n) is 12.3. The monoisotopic (exact) mass is 522 g/mol. The molecule has 184 valence electrons. The van der Waals surface area contributed by atoms with E-state index in [2.05, 4.69) is 12.2 Å². The first-order chi connectivity index (χ1) is 17.3. The number of allylic oxidation sites excluding steroid dienone is 2. The van der Waals surface area contributed by atoms with Gasteiger partial charge in [-0.25, -0.2) is 5.01 Å². The maximum absolute atomic E-state index is 14.0. The summed E-state index contributed by atoms with van der Waals surface area (Å²) in [5.74, 6) is -2.04.